The molecule has 1 saturated heterocycles. The number of carboxylic acids is 1. The molecule has 1 amide bonds. The molecule has 216 valence electrons. The fourth-order valence-corrected chi connectivity index (χ4v) is 6.87. The minimum absolute atomic E-state index is 0.0386. The van der Waals surface area contributed by atoms with E-state index in [2.05, 4.69) is 5.32 Å². The molecule has 4 aromatic rings. The van der Waals surface area contributed by atoms with Gasteiger partial charge in [-0.2, -0.15) is 0 Å². The predicted molar refractivity (Wildman–Crippen MR) is 156 cm³/mol. The van der Waals surface area contributed by atoms with E-state index in [1.807, 2.05) is 47.0 Å². The number of benzene rings is 3. The molecule has 2 saturated carbocycles. The van der Waals surface area contributed by atoms with Crippen LogP contribution in [0.25, 0.3) is 22.0 Å². The Bertz CT molecular complexity index is 1690. The zero-order chi connectivity index (χ0) is 29.0. The van der Waals surface area contributed by atoms with Crippen LogP contribution >= 0.6 is 11.6 Å². The van der Waals surface area contributed by atoms with Crippen molar-refractivity contribution in [1.29, 1.82) is 0 Å². The first-order chi connectivity index (χ1) is 20.3. The molecule has 2 heterocycles. The Hall–Kier alpha value is -3.88. The highest BCUT2D eigenvalue weighted by molar-refractivity contribution is 6.32. The number of hydrogen-bond acceptors (Lipinski definition) is 4. The van der Waals surface area contributed by atoms with Gasteiger partial charge in [0, 0.05) is 24.2 Å². The van der Waals surface area contributed by atoms with Gasteiger partial charge in [-0.15, -0.1) is 0 Å². The van der Waals surface area contributed by atoms with Gasteiger partial charge in [-0.3, -0.25) is 9.59 Å². The number of carbonyl (C=O) groups excluding carboxylic acids is 1. The summed E-state index contributed by atoms with van der Waals surface area (Å²) in [6.07, 6.45) is 5.31. The third kappa shape index (κ3) is 4.63. The van der Waals surface area contributed by atoms with Crippen LogP contribution in [0.2, 0.25) is 5.02 Å². The number of carboxylic acid groups (broad SMARTS) is 1. The van der Waals surface area contributed by atoms with E-state index in [4.69, 9.17) is 21.1 Å². The fraction of sp³-hybridized carbons (Fsp3) is 0.333. The maximum atomic E-state index is 14.8. The molecule has 1 aliphatic heterocycles. The smallest absolute Gasteiger partial charge is 0.308 e. The van der Waals surface area contributed by atoms with Crippen molar-refractivity contribution in [1.82, 2.24) is 9.88 Å². The van der Waals surface area contributed by atoms with Gasteiger partial charge in [0.25, 0.3) is 5.91 Å². The summed E-state index contributed by atoms with van der Waals surface area (Å²) in [5.41, 5.74) is 3.62. The Balaban J connectivity index is 1.11. The lowest BCUT2D eigenvalue weighted by Crippen LogP contribution is -2.66. The van der Waals surface area contributed by atoms with Crippen molar-refractivity contribution in [2.75, 3.05) is 13.2 Å². The first-order valence-corrected chi connectivity index (χ1v) is 14.6. The summed E-state index contributed by atoms with van der Waals surface area (Å²) >= 11 is 6.47. The van der Waals surface area contributed by atoms with Crippen molar-refractivity contribution < 1.29 is 28.6 Å². The lowest BCUT2D eigenvalue weighted by molar-refractivity contribution is -0.159. The maximum Gasteiger partial charge on any atom is 0.308 e. The zero-order valence-corrected chi connectivity index (χ0v) is 23.6. The topological polar surface area (TPSA) is 89.8 Å². The van der Waals surface area contributed by atoms with Crippen molar-refractivity contribution >= 4 is 34.4 Å². The van der Waals surface area contributed by atoms with Gasteiger partial charge in [0.2, 0.25) is 0 Å². The quantitative estimate of drug-likeness (QED) is 0.252. The molecular formula is C33H30ClFN2O5. The number of rotatable bonds is 8. The minimum atomic E-state index is -0.885. The van der Waals surface area contributed by atoms with Crippen molar-refractivity contribution in [2.24, 2.45) is 11.3 Å². The molecular weight excluding hydrogens is 559 g/mol. The standard InChI is InChI=1S/C33H30ClFN2O5/c34-26-14-21(6-9-28(26)42-22-17-41-18-22)20-4-2-19(3-5-20)16-37-13-10-23-27(35)8-7-24(29(23)37)31(38)36-30-25(32(39)40)15-33(30)11-1-12-33/h2-10,13-14,22,25,30H,1,11-12,15-18H2,(H,36,38)(H,39,40). The van der Waals surface area contributed by atoms with E-state index in [1.54, 1.807) is 12.3 Å². The van der Waals surface area contributed by atoms with Crippen molar-refractivity contribution in [2.45, 2.75) is 44.4 Å². The molecule has 2 atom stereocenters. The number of halogens is 2. The van der Waals surface area contributed by atoms with E-state index in [0.717, 1.165) is 36.0 Å². The molecule has 9 heteroatoms. The number of carbonyl (C=O) groups is 2. The van der Waals surface area contributed by atoms with Crippen LogP contribution in [-0.4, -0.2) is 46.9 Å². The summed E-state index contributed by atoms with van der Waals surface area (Å²) in [5.74, 6) is -1.62. The summed E-state index contributed by atoms with van der Waals surface area (Å²) in [6.45, 7) is 1.57. The van der Waals surface area contributed by atoms with Crippen molar-refractivity contribution in [3.8, 4) is 16.9 Å². The van der Waals surface area contributed by atoms with Gasteiger partial charge in [0.05, 0.1) is 35.2 Å². The van der Waals surface area contributed by atoms with Crippen LogP contribution < -0.4 is 10.1 Å². The van der Waals surface area contributed by atoms with Gasteiger partial charge >= 0.3 is 5.97 Å². The second kappa shape index (κ2) is 10.4. The highest BCUT2D eigenvalue weighted by Crippen LogP contribution is 2.58. The third-order valence-corrected chi connectivity index (χ3v) is 9.53. The highest BCUT2D eigenvalue weighted by Gasteiger charge is 2.60. The maximum absolute atomic E-state index is 14.8. The zero-order valence-electron chi connectivity index (χ0n) is 22.8. The van der Waals surface area contributed by atoms with Crippen LogP contribution in [0.1, 0.15) is 41.6 Å². The third-order valence-electron chi connectivity index (χ3n) is 9.23. The second-order valence-corrected chi connectivity index (χ2v) is 12.1. The Morgan fingerprint density at radius 1 is 1.07 bits per heavy atom. The fourth-order valence-electron chi connectivity index (χ4n) is 6.64. The molecule has 1 spiro atoms. The molecule has 1 aromatic heterocycles. The van der Waals surface area contributed by atoms with E-state index in [-0.39, 0.29) is 17.4 Å². The molecule has 2 unspecified atom stereocenters. The van der Waals surface area contributed by atoms with Crippen LogP contribution in [0, 0.1) is 17.2 Å². The van der Waals surface area contributed by atoms with E-state index in [9.17, 15) is 19.1 Å². The number of amides is 1. The summed E-state index contributed by atoms with van der Waals surface area (Å²) in [5, 5.41) is 13.6. The molecule has 42 heavy (non-hydrogen) atoms. The number of nitrogens with zero attached hydrogens (tertiary/aromatic N) is 1. The monoisotopic (exact) mass is 588 g/mol. The molecule has 3 aliphatic rings. The van der Waals surface area contributed by atoms with Gasteiger partial charge in [-0.05, 0) is 71.7 Å². The van der Waals surface area contributed by atoms with Crippen LogP contribution in [0.3, 0.4) is 0 Å². The predicted octanol–water partition coefficient (Wildman–Crippen LogP) is 6.30. The number of nitrogens with one attached hydrogen (secondary N) is 1. The molecule has 7 rings (SSSR count). The van der Waals surface area contributed by atoms with Gasteiger partial charge in [0.15, 0.2) is 0 Å². The summed E-state index contributed by atoms with van der Waals surface area (Å²) in [7, 11) is 0. The molecule has 2 N–H and O–H groups in total. The van der Waals surface area contributed by atoms with Gasteiger partial charge in [0.1, 0.15) is 17.7 Å². The Kier molecular flexibility index (Phi) is 6.71. The van der Waals surface area contributed by atoms with Gasteiger partial charge < -0.3 is 24.5 Å². The first kappa shape index (κ1) is 27.0. The molecule has 0 radical (unpaired) electrons. The van der Waals surface area contributed by atoms with Crippen molar-refractivity contribution in [3.63, 3.8) is 0 Å². The normalized spacial score (nSPS) is 20.9. The summed E-state index contributed by atoms with van der Waals surface area (Å²) in [6, 6.07) is 17.8. The van der Waals surface area contributed by atoms with Gasteiger partial charge in [-0.1, -0.05) is 48.4 Å². The number of hydrogen-bond donors (Lipinski definition) is 2. The molecule has 2 aliphatic carbocycles. The van der Waals surface area contributed by atoms with Crippen LogP contribution in [0.15, 0.2) is 66.9 Å². The SMILES string of the molecule is O=C(NC1C(C(=O)O)CC12CCC2)c1ccc(F)c2ccn(Cc3ccc(-c4ccc(OC5COC5)c(Cl)c4)cc3)c12. The first-order valence-electron chi connectivity index (χ1n) is 14.3. The van der Waals surface area contributed by atoms with E-state index >= 15 is 0 Å². The summed E-state index contributed by atoms with van der Waals surface area (Å²) in [4.78, 5) is 25.3. The largest absolute Gasteiger partial charge is 0.484 e. The van der Waals surface area contributed by atoms with Gasteiger partial charge in [-0.25, -0.2) is 4.39 Å². The lowest BCUT2D eigenvalue weighted by Gasteiger charge is -2.59. The summed E-state index contributed by atoms with van der Waals surface area (Å²) < 4.78 is 27.7. The second-order valence-electron chi connectivity index (χ2n) is 11.7. The highest BCUT2D eigenvalue weighted by atomic mass is 35.5. The van der Waals surface area contributed by atoms with Crippen LogP contribution in [-0.2, 0) is 16.1 Å². The van der Waals surface area contributed by atoms with E-state index < -0.39 is 23.7 Å². The minimum Gasteiger partial charge on any atom is -0.484 e. The van der Waals surface area contributed by atoms with Crippen molar-refractivity contribution in [3.05, 3.63) is 88.8 Å². The number of fused-ring (bicyclic) bond motifs is 1. The Morgan fingerprint density at radius 3 is 2.48 bits per heavy atom. The number of ether oxygens (including phenoxy) is 2. The average molecular weight is 589 g/mol. The number of aliphatic carboxylic acids is 1. The Morgan fingerprint density at radius 2 is 1.83 bits per heavy atom. The molecule has 0 bridgehead atoms. The lowest BCUT2D eigenvalue weighted by atomic mass is 9.48. The van der Waals surface area contributed by atoms with E-state index in [0.29, 0.717) is 53.4 Å². The van der Waals surface area contributed by atoms with Crippen LogP contribution in [0.5, 0.6) is 5.75 Å². The van der Waals surface area contributed by atoms with Crippen LogP contribution in [0.4, 0.5) is 4.39 Å². The number of aromatic nitrogens is 1. The molecule has 3 fully saturated rings. The van der Waals surface area contributed by atoms with E-state index in [1.165, 1.54) is 12.1 Å². The molecule has 3 aromatic carbocycles. The Labute approximate surface area is 247 Å². The average Bonchev–Trinajstić information content (AvgIpc) is 3.33. The molecule has 7 nitrogen and oxygen atoms in total.